The van der Waals surface area contributed by atoms with Gasteiger partial charge in [-0.3, -0.25) is 9.69 Å². The van der Waals surface area contributed by atoms with Gasteiger partial charge in [0.15, 0.2) is 0 Å². The molecule has 2 rings (SSSR count). The van der Waals surface area contributed by atoms with Gasteiger partial charge in [-0.15, -0.1) is 0 Å². The van der Waals surface area contributed by atoms with Gasteiger partial charge in [0.25, 0.3) is 0 Å². The third kappa shape index (κ3) is 3.70. The molecule has 1 amide bonds. The lowest BCUT2D eigenvalue weighted by atomic mass is 10.1. The lowest BCUT2D eigenvalue weighted by molar-refractivity contribution is -0.137. The standard InChI is InChI=1S/C13H15F3N2O/c14-13(15,16)12-3-1-11(2-4-12)9-17-5-7-18(10-19)8-6-17/h1-4,10H,5-9H2. The Morgan fingerprint density at radius 1 is 1.05 bits per heavy atom. The lowest BCUT2D eigenvalue weighted by Crippen LogP contribution is -2.45. The Morgan fingerprint density at radius 2 is 1.63 bits per heavy atom. The first-order valence-corrected chi connectivity index (χ1v) is 6.07. The second kappa shape index (κ2) is 5.61. The Hall–Kier alpha value is -1.56. The van der Waals surface area contributed by atoms with Crippen molar-refractivity contribution >= 4 is 6.41 Å². The van der Waals surface area contributed by atoms with Gasteiger partial charge in [-0.05, 0) is 17.7 Å². The summed E-state index contributed by atoms with van der Waals surface area (Å²) >= 11 is 0. The van der Waals surface area contributed by atoms with Crippen molar-refractivity contribution < 1.29 is 18.0 Å². The zero-order valence-corrected chi connectivity index (χ0v) is 10.4. The number of piperazine rings is 1. The van der Waals surface area contributed by atoms with Crippen LogP contribution in [-0.4, -0.2) is 42.4 Å². The molecule has 0 radical (unpaired) electrons. The minimum absolute atomic E-state index is 0.616. The second-order valence-electron chi connectivity index (χ2n) is 4.61. The average molecular weight is 272 g/mol. The van der Waals surface area contributed by atoms with Gasteiger partial charge in [0, 0.05) is 32.7 Å². The van der Waals surface area contributed by atoms with Crippen molar-refractivity contribution in [2.24, 2.45) is 0 Å². The molecule has 0 aliphatic carbocycles. The fourth-order valence-electron chi connectivity index (χ4n) is 2.08. The first-order chi connectivity index (χ1) is 8.99. The van der Waals surface area contributed by atoms with Crippen molar-refractivity contribution in [1.82, 2.24) is 9.80 Å². The van der Waals surface area contributed by atoms with Gasteiger partial charge in [-0.2, -0.15) is 13.2 Å². The van der Waals surface area contributed by atoms with Crippen molar-refractivity contribution in [2.45, 2.75) is 12.7 Å². The van der Waals surface area contributed by atoms with E-state index in [0.717, 1.165) is 37.2 Å². The molecular weight excluding hydrogens is 257 g/mol. The molecule has 1 saturated heterocycles. The minimum Gasteiger partial charge on any atom is -0.343 e. The van der Waals surface area contributed by atoms with Crippen LogP contribution in [0.5, 0.6) is 0 Å². The SMILES string of the molecule is O=CN1CCN(Cc2ccc(C(F)(F)F)cc2)CC1. The number of carbonyl (C=O) groups excluding carboxylic acids is 1. The summed E-state index contributed by atoms with van der Waals surface area (Å²) in [4.78, 5) is 14.4. The molecule has 1 aromatic rings. The monoisotopic (exact) mass is 272 g/mol. The first-order valence-electron chi connectivity index (χ1n) is 6.07. The topological polar surface area (TPSA) is 23.6 Å². The van der Waals surface area contributed by atoms with Gasteiger partial charge in [0.2, 0.25) is 6.41 Å². The van der Waals surface area contributed by atoms with Gasteiger partial charge in [-0.1, -0.05) is 12.1 Å². The molecule has 0 atom stereocenters. The highest BCUT2D eigenvalue weighted by Crippen LogP contribution is 2.29. The third-order valence-corrected chi connectivity index (χ3v) is 3.24. The number of rotatable bonds is 3. The summed E-state index contributed by atoms with van der Waals surface area (Å²) in [5.41, 5.74) is 0.231. The number of amides is 1. The van der Waals surface area contributed by atoms with Crippen LogP contribution in [0.15, 0.2) is 24.3 Å². The van der Waals surface area contributed by atoms with E-state index in [1.807, 2.05) is 0 Å². The quantitative estimate of drug-likeness (QED) is 0.786. The number of hydrogen-bond donors (Lipinski definition) is 0. The molecule has 0 N–H and O–H groups in total. The highest BCUT2D eigenvalue weighted by molar-refractivity contribution is 5.47. The van der Waals surface area contributed by atoms with Gasteiger partial charge < -0.3 is 4.90 Å². The van der Waals surface area contributed by atoms with E-state index < -0.39 is 11.7 Å². The zero-order chi connectivity index (χ0) is 13.9. The van der Waals surface area contributed by atoms with Crippen LogP contribution >= 0.6 is 0 Å². The van der Waals surface area contributed by atoms with Gasteiger partial charge in [0.1, 0.15) is 0 Å². The summed E-state index contributed by atoms with van der Waals surface area (Å²) in [6.45, 7) is 3.46. The fraction of sp³-hybridized carbons (Fsp3) is 0.462. The largest absolute Gasteiger partial charge is 0.416 e. The van der Waals surface area contributed by atoms with Crippen LogP contribution in [-0.2, 0) is 17.5 Å². The maximum atomic E-state index is 12.4. The van der Waals surface area contributed by atoms with Crippen molar-refractivity contribution in [3.05, 3.63) is 35.4 Å². The van der Waals surface area contributed by atoms with E-state index in [9.17, 15) is 18.0 Å². The molecule has 1 aliphatic rings. The molecule has 0 aromatic heterocycles. The predicted octanol–water partition coefficient (Wildman–Crippen LogP) is 1.98. The summed E-state index contributed by atoms with van der Waals surface area (Å²) in [5, 5.41) is 0. The van der Waals surface area contributed by atoms with Crippen LogP contribution < -0.4 is 0 Å². The predicted molar refractivity (Wildman–Crippen MR) is 64.4 cm³/mol. The van der Waals surface area contributed by atoms with E-state index in [1.54, 1.807) is 4.90 Å². The van der Waals surface area contributed by atoms with Crippen LogP contribution in [0.1, 0.15) is 11.1 Å². The Balaban J connectivity index is 1.92. The average Bonchev–Trinajstić information content (AvgIpc) is 2.39. The molecule has 0 spiro atoms. The number of nitrogens with zero attached hydrogens (tertiary/aromatic N) is 2. The smallest absolute Gasteiger partial charge is 0.343 e. The normalized spacial score (nSPS) is 17.5. The molecule has 1 fully saturated rings. The minimum atomic E-state index is -4.28. The molecule has 6 heteroatoms. The molecule has 1 aliphatic heterocycles. The van der Waals surface area contributed by atoms with Crippen molar-refractivity contribution in [3.8, 4) is 0 Å². The number of alkyl halides is 3. The number of halogens is 3. The Bertz CT molecular complexity index is 423. The van der Waals surface area contributed by atoms with Crippen LogP contribution in [0.2, 0.25) is 0 Å². The third-order valence-electron chi connectivity index (χ3n) is 3.24. The lowest BCUT2D eigenvalue weighted by Gasteiger charge is -2.32. The summed E-state index contributed by atoms with van der Waals surface area (Å²) in [6, 6.07) is 5.23. The van der Waals surface area contributed by atoms with Crippen LogP contribution in [0.25, 0.3) is 0 Å². The van der Waals surface area contributed by atoms with Gasteiger partial charge in [-0.25, -0.2) is 0 Å². The molecule has 0 unspecified atom stereocenters. The molecule has 0 saturated carbocycles. The van der Waals surface area contributed by atoms with E-state index in [1.165, 1.54) is 12.1 Å². The summed E-state index contributed by atoms with van der Waals surface area (Å²) < 4.78 is 37.2. The highest BCUT2D eigenvalue weighted by atomic mass is 19.4. The van der Waals surface area contributed by atoms with E-state index >= 15 is 0 Å². The summed E-state index contributed by atoms with van der Waals surface area (Å²) in [5.74, 6) is 0. The summed E-state index contributed by atoms with van der Waals surface area (Å²) in [7, 11) is 0. The highest BCUT2D eigenvalue weighted by Gasteiger charge is 2.30. The van der Waals surface area contributed by atoms with Gasteiger partial charge in [0.05, 0.1) is 5.56 Å². The van der Waals surface area contributed by atoms with Crippen molar-refractivity contribution in [2.75, 3.05) is 26.2 Å². The van der Waals surface area contributed by atoms with Crippen LogP contribution in [0, 0.1) is 0 Å². The van der Waals surface area contributed by atoms with Gasteiger partial charge >= 0.3 is 6.18 Å². The number of carbonyl (C=O) groups is 1. The first kappa shape index (κ1) is 13.9. The van der Waals surface area contributed by atoms with E-state index in [-0.39, 0.29) is 0 Å². The molecule has 1 aromatic carbocycles. The maximum absolute atomic E-state index is 12.4. The van der Waals surface area contributed by atoms with E-state index in [4.69, 9.17) is 0 Å². The Morgan fingerprint density at radius 3 is 2.11 bits per heavy atom. The molecule has 19 heavy (non-hydrogen) atoms. The van der Waals surface area contributed by atoms with Crippen molar-refractivity contribution in [3.63, 3.8) is 0 Å². The Kier molecular flexibility index (Phi) is 4.09. The number of hydrogen-bond acceptors (Lipinski definition) is 2. The van der Waals surface area contributed by atoms with E-state index in [2.05, 4.69) is 4.90 Å². The fourth-order valence-corrected chi connectivity index (χ4v) is 2.08. The second-order valence-corrected chi connectivity index (χ2v) is 4.61. The molecule has 0 bridgehead atoms. The van der Waals surface area contributed by atoms with E-state index in [0.29, 0.717) is 19.6 Å². The number of benzene rings is 1. The summed E-state index contributed by atoms with van der Waals surface area (Å²) in [6.07, 6.45) is -3.45. The zero-order valence-electron chi connectivity index (χ0n) is 10.4. The molecule has 3 nitrogen and oxygen atoms in total. The Labute approximate surface area is 109 Å². The molecule has 104 valence electrons. The molecule has 1 heterocycles. The van der Waals surface area contributed by atoms with Crippen LogP contribution in [0.3, 0.4) is 0 Å². The molecular formula is C13H15F3N2O. The van der Waals surface area contributed by atoms with Crippen LogP contribution in [0.4, 0.5) is 13.2 Å². The van der Waals surface area contributed by atoms with Crippen molar-refractivity contribution in [1.29, 1.82) is 0 Å². The maximum Gasteiger partial charge on any atom is 0.416 e.